The Balaban J connectivity index is 1.29. The number of furan rings is 1. The summed E-state index contributed by atoms with van der Waals surface area (Å²) in [6.45, 7) is 5.66. The Morgan fingerprint density at radius 2 is 2.00 bits per heavy atom. The largest absolute Gasteiger partial charge is 0.461 e. The quantitative estimate of drug-likeness (QED) is 0.497. The van der Waals surface area contributed by atoms with Crippen molar-refractivity contribution in [3.63, 3.8) is 0 Å². The fraction of sp³-hybridized carbons (Fsp3) is 0.391. The molecule has 2 N–H and O–H groups in total. The molecular weight excluding hydrogens is 362 g/mol. The van der Waals surface area contributed by atoms with Crippen LogP contribution in [0.5, 0.6) is 0 Å². The number of para-hydroxylation sites is 1. The molecule has 29 heavy (non-hydrogen) atoms. The molecule has 2 aromatic heterocycles. The van der Waals surface area contributed by atoms with Crippen LogP contribution in [0.1, 0.15) is 25.5 Å². The van der Waals surface area contributed by atoms with E-state index < -0.39 is 0 Å². The van der Waals surface area contributed by atoms with Gasteiger partial charge in [0.2, 0.25) is 0 Å². The van der Waals surface area contributed by atoms with Crippen LogP contribution in [0.2, 0.25) is 0 Å². The lowest BCUT2D eigenvalue weighted by molar-refractivity contribution is 0.459. The molecule has 6 heteroatoms. The van der Waals surface area contributed by atoms with Gasteiger partial charge in [0.05, 0.1) is 0 Å². The predicted molar refractivity (Wildman–Crippen MR) is 119 cm³/mol. The molecule has 0 amide bonds. The van der Waals surface area contributed by atoms with Crippen molar-refractivity contribution in [1.82, 2.24) is 15.6 Å². The first-order valence-electron chi connectivity index (χ1n) is 10.5. The lowest BCUT2D eigenvalue weighted by Gasteiger charge is -2.33. The summed E-state index contributed by atoms with van der Waals surface area (Å²) in [4.78, 5) is 11.6. The van der Waals surface area contributed by atoms with E-state index in [0.717, 1.165) is 67.4 Å². The van der Waals surface area contributed by atoms with Crippen LogP contribution in [0.4, 0.5) is 5.82 Å². The van der Waals surface area contributed by atoms with Gasteiger partial charge in [-0.2, -0.15) is 0 Å². The number of fused-ring (bicyclic) bond motifs is 1. The number of rotatable bonds is 6. The van der Waals surface area contributed by atoms with E-state index in [2.05, 4.69) is 45.6 Å². The van der Waals surface area contributed by atoms with Gasteiger partial charge in [0.1, 0.15) is 17.2 Å². The van der Waals surface area contributed by atoms with E-state index in [0.29, 0.717) is 12.6 Å². The monoisotopic (exact) mass is 391 g/mol. The van der Waals surface area contributed by atoms with Crippen molar-refractivity contribution in [3.05, 3.63) is 60.5 Å². The number of guanidine groups is 1. The van der Waals surface area contributed by atoms with Crippen LogP contribution in [0, 0.1) is 0 Å². The summed E-state index contributed by atoms with van der Waals surface area (Å²) in [5, 5.41) is 8.12. The van der Waals surface area contributed by atoms with Crippen molar-refractivity contribution < 1.29 is 4.42 Å². The Morgan fingerprint density at radius 3 is 2.76 bits per heavy atom. The molecule has 1 fully saturated rings. The number of nitrogens with one attached hydrogen (secondary N) is 2. The maximum absolute atomic E-state index is 5.89. The molecule has 1 aliphatic rings. The van der Waals surface area contributed by atoms with Crippen molar-refractivity contribution in [1.29, 1.82) is 0 Å². The fourth-order valence-electron chi connectivity index (χ4n) is 3.75. The first-order valence-corrected chi connectivity index (χ1v) is 10.5. The number of piperidine rings is 1. The van der Waals surface area contributed by atoms with Gasteiger partial charge in [-0.25, -0.2) is 4.98 Å². The maximum atomic E-state index is 5.89. The molecule has 6 nitrogen and oxygen atoms in total. The minimum atomic E-state index is 0.430. The summed E-state index contributed by atoms with van der Waals surface area (Å²) in [6.07, 6.45) is 4.80. The third-order valence-corrected chi connectivity index (χ3v) is 5.26. The first kappa shape index (κ1) is 19.3. The van der Waals surface area contributed by atoms with E-state index in [1.54, 1.807) is 0 Å². The van der Waals surface area contributed by atoms with Crippen molar-refractivity contribution >= 4 is 22.7 Å². The van der Waals surface area contributed by atoms with Crippen LogP contribution in [0.25, 0.3) is 11.0 Å². The number of nitrogens with zero attached hydrogens (tertiary/aromatic N) is 3. The summed E-state index contributed by atoms with van der Waals surface area (Å²) in [6, 6.07) is 16.7. The highest BCUT2D eigenvalue weighted by Gasteiger charge is 2.20. The second-order valence-electron chi connectivity index (χ2n) is 7.35. The number of pyridine rings is 1. The van der Waals surface area contributed by atoms with E-state index in [1.165, 1.54) is 0 Å². The van der Waals surface area contributed by atoms with E-state index in [9.17, 15) is 0 Å². The average molecular weight is 392 g/mol. The number of aromatic nitrogens is 1. The van der Waals surface area contributed by atoms with Crippen LogP contribution in [0.3, 0.4) is 0 Å². The molecule has 0 atom stereocenters. The molecule has 4 rings (SSSR count). The minimum absolute atomic E-state index is 0.430. The van der Waals surface area contributed by atoms with Crippen LogP contribution >= 0.6 is 0 Å². The smallest absolute Gasteiger partial charge is 0.191 e. The zero-order chi connectivity index (χ0) is 19.9. The molecule has 0 aliphatic carbocycles. The zero-order valence-electron chi connectivity index (χ0n) is 17.0. The average Bonchev–Trinajstić information content (AvgIpc) is 3.18. The molecule has 0 unspecified atom stereocenters. The second-order valence-corrected chi connectivity index (χ2v) is 7.35. The summed E-state index contributed by atoms with van der Waals surface area (Å²) in [7, 11) is 0. The van der Waals surface area contributed by atoms with Gasteiger partial charge in [-0.1, -0.05) is 24.3 Å². The van der Waals surface area contributed by atoms with Crippen molar-refractivity contribution in [2.24, 2.45) is 4.99 Å². The van der Waals surface area contributed by atoms with Crippen molar-refractivity contribution in [2.45, 2.75) is 32.2 Å². The standard InChI is InChI=1S/C23H29N5O/c1-2-24-23(26-14-10-20-17-18-7-3-4-8-21(18)29-20)27-19-11-15-28(16-12-19)22-9-5-6-13-25-22/h3-9,13,17,19H,2,10-12,14-16H2,1H3,(H2,24,26,27). The van der Waals surface area contributed by atoms with Crippen LogP contribution < -0.4 is 15.5 Å². The summed E-state index contributed by atoms with van der Waals surface area (Å²) in [5.74, 6) is 2.94. The molecule has 1 saturated heterocycles. The predicted octanol–water partition coefficient (Wildman–Crippen LogP) is 3.59. The normalized spacial score (nSPS) is 15.6. The van der Waals surface area contributed by atoms with Gasteiger partial charge in [-0.15, -0.1) is 0 Å². The van der Waals surface area contributed by atoms with E-state index in [4.69, 9.17) is 9.41 Å². The fourth-order valence-corrected chi connectivity index (χ4v) is 3.75. The SMILES string of the molecule is CCNC(=NCCc1cc2ccccc2o1)NC1CCN(c2ccccn2)CC1. The van der Waals surface area contributed by atoms with Gasteiger partial charge in [-0.3, -0.25) is 4.99 Å². The molecule has 0 saturated carbocycles. The Kier molecular flexibility index (Phi) is 6.29. The number of anilines is 1. The van der Waals surface area contributed by atoms with E-state index in [-0.39, 0.29) is 0 Å². The summed E-state index contributed by atoms with van der Waals surface area (Å²) in [5.41, 5.74) is 0.941. The number of hydrogen-bond acceptors (Lipinski definition) is 4. The Morgan fingerprint density at radius 1 is 1.17 bits per heavy atom. The van der Waals surface area contributed by atoms with Gasteiger partial charge in [0.15, 0.2) is 5.96 Å². The zero-order valence-corrected chi connectivity index (χ0v) is 17.0. The Bertz CT molecular complexity index is 896. The van der Waals surface area contributed by atoms with E-state index in [1.807, 2.05) is 36.5 Å². The molecule has 0 radical (unpaired) electrons. The van der Waals surface area contributed by atoms with Gasteiger partial charge in [0, 0.05) is 50.2 Å². The van der Waals surface area contributed by atoms with Gasteiger partial charge >= 0.3 is 0 Å². The Labute approximate surface area is 172 Å². The molecule has 152 valence electrons. The molecule has 3 heterocycles. The van der Waals surface area contributed by atoms with Gasteiger partial charge < -0.3 is 20.0 Å². The lowest BCUT2D eigenvalue weighted by Crippen LogP contribution is -2.49. The molecule has 0 spiro atoms. The van der Waals surface area contributed by atoms with Gasteiger partial charge in [-0.05, 0) is 44.0 Å². The third kappa shape index (κ3) is 5.08. The second kappa shape index (κ2) is 9.45. The highest BCUT2D eigenvalue weighted by molar-refractivity contribution is 5.80. The number of aliphatic imine (C=N–C) groups is 1. The topological polar surface area (TPSA) is 65.7 Å². The van der Waals surface area contributed by atoms with Crippen molar-refractivity contribution in [2.75, 3.05) is 31.1 Å². The highest BCUT2D eigenvalue weighted by atomic mass is 16.3. The van der Waals surface area contributed by atoms with Crippen molar-refractivity contribution in [3.8, 4) is 0 Å². The minimum Gasteiger partial charge on any atom is -0.461 e. The van der Waals surface area contributed by atoms with Gasteiger partial charge in [0.25, 0.3) is 0 Å². The number of benzene rings is 1. The summed E-state index contributed by atoms with van der Waals surface area (Å²) < 4.78 is 5.89. The Hall–Kier alpha value is -3.02. The maximum Gasteiger partial charge on any atom is 0.191 e. The molecule has 1 aliphatic heterocycles. The number of hydrogen-bond donors (Lipinski definition) is 2. The molecule has 0 bridgehead atoms. The van der Waals surface area contributed by atoms with E-state index >= 15 is 0 Å². The molecular formula is C23H29N5O. The first-order chi connectivity index (χ1) is 14.3. The van der Waals surface area contributed by atoms with Crippen LogP contribution in [-0.4, -0.2) is 43.2 Å². The highest BCUT2D eigenvalue weighted by Crippen LogP contribution is 2.19. The lowest BCUT2D eigenvalue weighted by atomic mass is 10.1. The van der Waals surface area contributed by atoms with Crippen LogP contribution in [-0.2, 0) is 6.42 Å². The molecule has 1 aromatic carbocycles. The molecule has 3 aromatic rings. The van der Waals surface area contributed by atoms with Crippen LogP contribution in [0.15, 0.2) is 64.1 Å². The third-order valence-electron chi connectivity index (χ3n) is 5.26. The summed E-state index contributed by atoms with van der Waals surface area (Å²) >= 11 is 0.